The molecule has 1 aliphatic rings. The van der Waals surface area contributed by atoms with Gasteiger partial charge in [-0.2, -0.15) is 0 Å². The van der Waals surface area contributed by atoms with Crippen molar-refractivity contribution in [3.63, 3.8) is 0 Å². The first-order chi connectivity index (χ1) is 22.3. The lowest BCUT2D eigenvalue weighted by molar-refractivity contribution is 0.102. The van der Waals surface area contributed by atoms with E-state index in [9.17, 15) is 4.79 Å². The molecule has 1 amide bonds. The number of aryl methyl sites for hydroxylation is 1. The van der Waals surface area contributed by atoms with Crippen molar-refractivity contribution in [1.29, 1.82) is 0 Å². The lowest BCUT2D eigenvalue weighted by Gasteiger charge is -2.34. The first kappa shape index (κ1) is 31.7. The first-order valence-corrected chi connectivity index (χ1v) is 15.7. The highest BCUT2D eigenvalue weighted by Gasteiger charge is 2.23. The zero-order chi connectivity index (χ0) is 32.2. The molecule has 6 rings (SSSR count). The Morgan fingerprint density at radius 3 is 2.04 bits per heavy atom. The van der Waals surface area contributed by atoms with Gasteiger partial charge < -0.3 is 14.8 Å². The number of nitrogens with zero attached hydrogens (tertiary/aromatic N) is 5. The monoisotopic (exact) mass is 656 g/mol. The van der Waals surface area contributed by atoms with E-state index >= 15 is 0 Å². The number of ether oxygens (including phenoxy) is 2. The number of piperazine rings is 1. The maximum absolute atomic E-state index is 13.5. The standard InChI is InChI=1S/C35H34Cl2N6O3/c1-22-4-6-23(7-5-22)20-42-14-16-43(17-15-42)21-25-9-8-24(19-40-25)41-35(44)27-11-10-26(33-34(27)39-13-12-38-33)30-31(36)28(45-2)18-29(46-3)32(30)37/h4-13,18-19H,14-17,20-21H2,1-3H3,(H,41,44). The molecule has 3 aromatic carbocycles. The average Bonchev–Trinajstić information content (AvgIpc) is 3.07. The van der Waals surface area contributed by atoms with E-state index in [2.05, 4.69) is 61.3 Å². The molecule has 0 unspecified atom stereocenters. The second-order valence-electron chi connectivity index (χ2n) is 11.2. The second kappa shape index (κ2) is 14.0. The van der Waals surface area contributed by atoms with E-state index in [1.807, 2.05) is 12.1 Å². The van der Waals surface area contributed by atoms with Crippen LogP contribution in [0.25, 0.3) is 22.2 Å². The van der Waals surface area contributed by atoms with Crippen LogP contribution >= 0.6 is 23.2 Å². The van der Waals surface area contributed by atoms with Crippen LogP contribution in [-0.2, 0) is 13.1 Å². The molecule has 9 nitrogen and oxygen atoms in total. The predicted octanol–water partition coefficient (Wildman–Crippen LogP) is 6.89. The number of anilines is 1. The Morgan fingerprint density at radius 2 is 1.43 bits per heavy atom. The Hall–Kier alpha value is -4.28. The lowest BCUT2D eigenvalue weighted by Crippen LogP contribution is -2.45. The molecule has 0 atom stereocenters. The van der Waals surface area contributed by atoms with Crippen molar-refractivity contribution in [3.8, 4) is 22.6 Å². The van der Waals surface area contributed by atoms with E-state index in [0.717, 1.165) is 45.0 Å². The molecule has 0 radical (unpaired) electrons. The highest BCUT2D eigenvalue weighted by atomic mass is 35.5. The number of hydrogen-bond donors (Lipinski definition) is 1. The van der Waals surface area contributed by atoms with Gasteiger partial charge in [-0.15, -0.1) is 0 Å². The Balaban J connectivity index is 1.13. The van der Waals surface area contributed by atoms with Crippen LogP contribution in [0.3, 0.4) is 0 Å². The molecule has 0 bridgehead atoms. The Kier molecular flexibility index (Phi) is 9.65. The van der Waals surface area contributed by atoms with Gasteiger partial charge in [0.15, 0.2) is 0 Å². The molecular formula is C35H34Cl2N6O3. The van der Waals surface area contributed by atoms with Gasteiger partial charge in [-0.3, -0.25) is 29.5 Å². The third kappa shape index (κ3) is 6.78. The van der Waals surface area contributed by atoms with Gasteiger partial charge in [0, 0.05) is 68.9 Å². The fourth-order valence-electron chi connectivity index (χ4n) is 5.64. The van der Waals surface area contributed by atoms with Crippen LogP contribution in [0.2, 0.25) is 10.0 Å². The average molecular weight is 658 g/mol. The molecule has 1 N–H and O–H groups in total. The van der Waals surface area contributed by atoms with Crippen LogP contribution < -0.4 is 14.8 Å². The molecule has 0 spiro atoms. The molecule has 2 aromatic heterocycles. The van der Waals surface area contributed by atoms with E-state index in [0.29, 0.717) is 55.0 Å². The summed E-state index contributed by atoms with van der Waals surface area (Å²) in [6, 6.07) is 17.6. The third-order valence-corrected chi connectivity index (χ3v) is 8.92. The second-order valence-corrected chi connectivity index (χ2v) is 12.0. The largest absolute Gasteiger partial charge is 0.495 e. The highest BCUT2D eigenvalue weighted by Crippen LogP contribution is 2.47. The number of benzene rings is 3. The summed E-state index contributed by atoms with van der Waals surface area (Å²) in [6.45, 7) is 7.84. The maximum Gasteiger partial charge on any atom is 0.257 e. The van der Waals surface area contributed by atoms with E-state index in [4.69, 9.17) is 32.7 Å². The van der Waals surface area contributed by atoms with Gasteiger partial charge in [-0.1, -0.05) is 59.1 Å². The number of halogens is 2. The molecule has 0 aliphatic carbocycles. The molecule has 5 aromatic rings. The van der Waals surface area contributed by atoms with E-state index < -0.39 is 0 Å². The van der Waals surface area contributed by atoms with Gasteiger partial charge in [0.1, 0.15) is 17.0 Å². The molecule has 1 aliphatic heterocycles. The molecule has 11 heteroatoms. The summed E-state index contributed by atoms with van der Waals surface area (Å²) in [7, 11) is 3.03. The van der Waals surface area contributed by atoms with E-state index in [-0.39, 0.29) is 5.91 Å². The minimum atomic E-state index is -0.336. The SMILES string of the molecule is COc1cc(OC)c(Cl)c(-c2ccc(C(=O)Nc3ccc(CN4CCN(Cc5ccc(C)cc5)CC4)nc3)c3nccnc23)c1Cl. The number of methoxy groups -OCH3 is 2. The lowest BCUT2D eigenvalue weighted by atomic mass is 9.99. The van der Waals surface area contributed by atoms with Crippen molar-refractivity contribution in [2.45, 2.75) is 20.0 Å². The van der Waals surface area contributed by atoms with Crippen LogP contribution in [0.1, 0.15) is 27.2 Å². The van der Waals surface area contributed by atoms with Gasteiger partial charge in [0.25, 0.3) is 5.91 Å². The number of hydrogen-bond acceptors (Lipinski definition) is 8. The molecule has 3 heterocycles. The van der Waals surface area contributed by atoms with Crippen molar-refractivity contribution >= 4 is 45.8 Å². The summed E-state index contributed by atoms with van der Waals surface area (Å²) in [5, 5.41) is 3.55. The van der Waals surface area contributed by atoms with Gasteiger partial charge >= 0.3 is 0 Å². The number of pyridine rings is 1. The van der Waals surface area contributed by atoms with E-state index in [1.54, 1.807) is 30.6 Å². The number of carbonyl (C=O) groups is 1. The first-order valence-electron chi connectivity index (χ1n) is 14.9. The number of carbonyl (C=O) groups excluding carboxylic acids is 1. The predicted molar refractivity (Wildman–Crippen MR) is 182 cm³/mol. The number of fused-ring (bicyclic) bond motifs is 1. The fourth-order valence-corrected chi connectivity index (χ4v) is 6.34. The van der Waals surface area contributed by atoms with Gasteiger partial charge in [0.2, 0.25) is 0 Å². The topological polar surface area (TPSA) is 92.7 Å². The zero-order valence-corrected chi connectivity index (χ0v) is 27.4. The molecule has 236 valence electrons. The maximum atomic E-state index is 13.5. The van der Waals surface area contributed by atoms with Crippen LogP contribution in [0.15, 0.2) is 73.2 Å². The quantitative estimate of drug-likeness (QED) is 0.183. The normalized spacial score (nSPS) is 13.9. The summed E-state index contributed by atoms with van der Waals surface area (Å²) in [5.74, 6) is 0.456. The van der Waals surface area contributed by atoms with Gasteiger partial charge in [-0.05, 0) is 30.7 Å². The minimum absolute atomic E-state index is 0.299. The summed E-state index contributed by atoms with van der Waals surface area (Å²) in [5.41, 5.74) is 6.45. The Morgan fingerprint density at radius 1 is 0.804 bits per heavy atom. The fraction of sp³-hybridized carbons (Fsp3) is 0.257. The summed E-state index contributed by atoms with van der Waals surface area (Å²) < 4.78 is 10.9. The van der Waals surface area contributed by atoms with Crippen molar-refractivity contribution in [1.82, 2.24) is 24.8 Å². The van der Waals surface area contributed by atoms with E-state index in [1.165, 1.54) is 31.5 Å². The van der Waals surface area contributed by atoms with Crippen molar-refractivity contribution in [3.05, 3.63) is 106 Å². The number of amides is 1. The van der Waals surface area contributed by atoms with Crippen LogP contribution in [0.5, 0.6) is 11.5 Å². The summed E-state index contributed by atoms with van der Waals surface area (Å²) >= 11 is 13.4. The summed E-state index contributed by atoms with van der Waals surface area (Å²) in [4.78, 5) is 32.0. The number of aromatic nitrogens is 3. The van der Waals surface area contributed by atoms with Gasteiger partial charge in [-0.25, -0.2) is 0 Å². The minimum Gasteiger partial charge on any atom is -0.495 e. The van der Waals surface area contributed by atoms with Crippen LogP contribution in [0, 0.1) is 6.92 Å². The Labute approximate surface area is 278 Å². The van der Waals surface area contributed by atoms with Crippen molar-refractivity contribution in [2.24, 2.45) is 0 Å². The number of nitrogens with one attached hydrogen (secondary N) is 1. The Bertz CT molecular complexity index is 1830. The molecular weight excluding hydrogens is 623 g/mol. The van der Waals surface area contributed by atoms with Crippen molar-refractivity contribution in [2.75, 3.05) is 45.7 Å². The molecule has 0 saturated carbocycles. The van der Waals surface area contributed by atoms with Gasteiger partial charge in [0.05, 0.1) is 52.9 Å². The molecule has 1 saturated heterocycles. The zero-order valence-electron chi connectivity index (χ0n) is 25.9. The molecule has 1 fully saturated rings. The molecule has 46 heavy (non-hydrogen) atoms. The van der Waals surface area contributed by atoms with Crippen LogP contribution in [0.4, 0.5) is 5.69 Å². The third-order valence-electron chi connectivity index (χ3n) is 8.17. The van der Waals surface area contributed by atoms with Crippen LogP contribution in [-0.4, -0.2) is 71.1 Å². The smallest absolute Gasteiger partial charge is 0.257 e. The summed E-state index contributed by atoms with van der Waals surface area (Å²) in [6.07, 6.45) is 4.78. The number of rotatable bonds is 9. The van der Waals surface area contributed by atoms with Crippen molar-refractivity contribution < 1.29 is 14.3 Å². The highest BCUT2D eigenvalue weighted by molar-refractivity contribution is 6.41.